The Kier molecular flexibility index (Phi) is 3.96. The van der Waals surface area contributed by atoms with Gasteiger partial charge in [-0.1, -0.05) is 39.8 Å². The van der Waals surface area contributed by atoms with Crippen molar-refractivity contribution in [3.05, 3.63) is 23.5 Å². The average molecular weight is 358 g/mol. The summed E-state index contributed by atoms with van der Waals surface area (Å²) >= 11 is 0. The number of aliphatic hydroxyl groups is 1. The molecular weight excluding hydrogens is 328 g/mol. The normalized spacial score (nSPS) is 39.2. The first-order chi connectivity index (χ1) is 11.9. The van der Waals surface area contributed by atoms with Crippen LogP contribution in [0, 0.1) is 34.0 Å². The van der Waals surface area contributed by atoms with Gasteiger partial charge in [-0.3, -0.25) is 14.4 Å². The van der Waals surface area contributed by atoms with E-state index in [0.717, 1.165) is 5.57 Å². The van der Waals surface area contributed by atoms with Crippen molar-refractivity contribution in [2.45, 2.75) is 60.8 Å². The van der Waals surface area contributed by atoms with Crippen LogP contribution < -0.4 is 0 Å². The highest BCUT2D eigenvalue weighted by Gasteiger charge is 2.76. The van der Waals surface area contributed by atoms with Gasteiger partial charge >= 0.3 is 0 Å². The summed E-state index contributed by atoms with van der Waals surface area (Å²) in [4.78, 5) is 39.5. The van der Waals surface area contributed by atoms with E-state index in [1.807, 2.05) is 13.8 Å². The zero-order chi connectivity index (χ0) is 19.8. The van der Waals surface area contributed by atoms with Crippen molar-refractivity contribution in [1.82, 2.24) is 0 Å². The lowest BCUT2D eigenvalue weighted by Gasteiger charge is -2.36. The molecule has 26 heavy (non-hydrogen) atoms. The fraction of sp³-hybridized carbons (Fsp3) is 0.682. The fourth-order valence-electron chi connectivity index (χ4n) is 5.93. The summed E-state index contributed by atoms with van der Waals surface area (Å²) < 4.78 is 0. The lowest BCUT2D eigenvalue weighted by molar-refractivity contribution is -0.143. The summed E-state index contributed by atoms with van der Waals surface area (Å²) in [6.07, 6.45) is 1.41. The standard InChI is InChI=1S/C22H30O4/c1-8-12(4)16(23)15-17(24)21(7)10-14-20(5,6)13(11(2)3)9-22(14,18(15)25)19(21)26/h12-14,25H,2,8-10H2,1,3-7H3/t12?,13-,14-,21-,22?/m0/s1. The third kappa shape index (κ3) is 1.93. The van der Waals surface area contributed by atoms with Crippen molar-refractivity contribution in [3.8, 4) is 0 Å². The van der Waals surface area contributed by atoms with Gasteiger partial charge in [0.05, 0.1) is 10.8 Å². The molecule has 0 aromatic rings. The number of allylic oxidation sites excluding steroid dienone is 3. The van der Waals surface area contributed by atoms with Gasteiger partial charge < -0.3 is 5.11 Å². The second kappa shape index (κ2) is 5.40. The van der Waals surface area contributed by atoms with Crippen LogP contribution in [0.3, 0.4) is 0 Å². The van der Waals surface area contributed by atoms with E-state index >= 15 is 0 Å². The molecular formula is C22H30O4. The van der Waals surface area contributed by atoms with Crippen molar-refractivity contribution in [1.29, 1.82) is 0 Å². The number of hydrogen-bond donors (Lipinski definition) is 1. The Bertz CT molecular complexity index is 771. The minimum Gasteiger partial charge on any atom is -0.510 e. The number of Topliss-reactive ketones (excluding diaryl/α,β-unsaturated/α-hetero) is 3. The number of ketones is 3. The molecule has 2 unspecified atom stereocenters. The van der Waals surface area contributed by atoms with Gasteiger partial charge in [0.25, 0.3) is 0 Å². The van der Waals surface area contributed by atoms with Gasteiger partial charge in [-0.25, -0.2) is 0 Å². The van der Waals surface area contributed by atoms with Crippen LogP contribution in [0.1, 0.15) is 60.8 Å². The predicted molar refractivity (Wildman–Crippen MR) is 99.5 cm³/mol. The number of carbonyl (C=O) groups is 3. The second-order valence-electron chi connectivity index (χ2n) is 9.54. The molecule has 0 aliphatic heterocycles. The van der Waals surface area contributed by atoms with E-state index in [4.69, 9.17) is 0 Å². The van der Waals surface area contributed by atoms with Crippen LogP contribution in [0.4, 0.5) is 0 Å². The third-order valence-electron chi connectivity index (χ3n) is 7.72. The zero-order valence-corrected chi connectivity index (χ0v) is 16.7. The summed E-state index contributed by atoms with van der Waals surface area (Å²) in [5, 5.41) is 11.2. The summed E-state index contributed by atoms with van der Waals surface area (Å²) in [6.45, 7) is 15.6. The van der Waals surface area contributed by atoms with Crippen molar-refractivity contribution in [3.63, 3.8) is 0 Å². The molecule has 2 fully saturated rings. The monoisotopic (exact) mass is 358 g/mol. The molecule has 1 N–H and O–H groups in total. The summed E-state index contributed by atoms with van der Waals surface area (Å²) in [5.41, 5.74) is -1.72. The Morgan fingerprint density at radius 2 is 1.85 bits per heavy atom. The van der Waals surface area contributed by atoms with E-state index in [9.17, 15) is 19.5 Å². The first kappa shape index (κ1) is 19.1. The third-order valence-corrected chi connectivity index (χ3v) is 7.72. The Morgan fingerprint density at radius 3 is 2.35 bits per heavy atom. The molecule has 3 aliphatic rings. The molecule has 142 valence electrons. The molecule has 0 radical (unpaired) electrons. The maximum absolute atomic E-state index is 13.4. The molecule has 4 heteroatoms. The van der Waals surface area contributed by atoms with Crippen LogP contribution in [0.5, 0.6) is 0 Å². The number of rotatable bonds is 4. The van der Waals surface area contributed by atoms with Gasteiger partial charge in [-0.05, 0) is 50.4 Å². The first-order valence-corrected chi connectivity index (χ1v) is 9.60. The highest BCUT2D eigenvalue weighted by Crippen LogP contribution is 2.72. The summed E-state index contributed by atoms with van der Waals surface area (Å²) in [5.74, 6) is -1.71. The summed E-state index contributed by atoms with van der Waals surface area (Å²) in [7, 11) is 0. The number of hydrogen-bond acceptors (Lipinski definition) is 4. The molecule has 1 spiro atoms. The molecule has 2 saturated carbocycles. The van der Waals surface area contributed by atoms with E-state index < -0.39 is 16.6 Å². The van der Waals surface area contributed by atoms with E-state index in [1.165, 1.54) is 0 Å². The van der Waals surface area contributed by atoms with E-state index in [1.54, 1.807) is 13.8 Å². The molecule has 5 atom stereocenters. The highest BCUT2D eigenvalue weighted by atomic mass is 16.3. The van der Waals surface area contributed by atoms with Crippen molar-refractivity contribution in [2.75, 3.05) is 0 Å². The van der Waals surface area contributed by atoms with Crippen LogP contribution >= 0.6 is 0 Å². The van der Waals surface area contributed by atoms with Crippen molar-refractivity contribution < 1.29 is 19.5 Å². The molecule has 0 aromatic heterocycles. The van der Waals surface area contributed by atoms with Gasteiger partial charge in [0, 0.05) is 5.92 Å². The largest absolute Gasteiger partial charge is 0.510 e. The predicted octanol–water partition coefficient (Wildman–Crippen LogP) is 4.20. The quantitative estimate of drug-likeness (QED) is 0.464. The Labute approximate surface area is 155 Å². The van der Waals surface area contributed by atoms with Gasteiger partial charge in [-0.15, -0.1) is 0 Å². The smallest absolute Gasteiger partial charge is 0.183 e. The molecule has 0 aromatic carbocycles. The number of carbonyl (C=O) groups excluding carboxylic acids is 3. The minimum absolute atomic E-state index is 0.0660. The van der Waals surface area contributed by atoms with E-state index in [0.29, 0.717) is 19.3 Å². The van der Waals surface area contributed by atoms with Crippen LogP contribution in [0.25, 0.3) is 0 Å². The Hall–Kier alpha value is -1.71. The summed E-state index contributed by atoms with van der Waals surface area (Å²) in [6, 6.07) is 0. The SMILES string of the molecule is C=C(C)[C@@H]1CC23C(=O)[C@@](C)(C[C@H]2C1(C)C)C(=O)C(C(=O)C(C)CC)=C3O. The topological polar surface area (TPSA) is 71.4 Å². The van der Waals surface area contributed by atoms with Gasteiger partial charge in [-0.2, -0.15) is 0 Å². The molecule has 3 aliphatic carbocycles. The van der Waals surface area contributed by atoms with Crippen LogP contribution in [-0.2, 0) is 14.4 Å². The second-order valence-corrected chi connectivity index (χ2v) is 9.54. The van der Waals surface area contributed by atoms with Crippen molar-refractivity contribution in [2.24, 2.45) is 34.0 Å². The van der Waals surface area contributed by atoms with Gasteiger partial charge in [0.15, 0.2) is 17.3 Å². The van der Waals surface area contributed by atoms with Crippen molar-refractivity contribution >= 4 is 17.3 Å². The maximum Gasteiger partial charge on any atom is 0.183 e. The first-order valence-electron chi connectivity index (χ1n) is 9.60. The number of aliphatic hydroxyl groups excluding tert-OH is 1. The molecule has 4 nitrogen and oxygen atoms in total. The van der Waals surface area contributed by atoms with Gasteiger partial charge in [0.1, 0.15) is 11.3 Å². The molecule has 2 bridgehead atoms. The number of fused-ring (bicyclic) bond motifs is 1. The van der Waals surface area contributed by atoms with Gasteiger partial charge in [0.2, 0.25) is 0 Å². The molecule has 0 heterocycles. The van der Waals surface area contributed by atoms with E-state index in [-0.39, 0.29) is 46.1 Å². The molecule has 0 saturated heterocycles. The molecule has 3 rings (SSSR count). The van der Waals surface area contributed by atoms with Crippen LogP contribution in [-0.4, -0.2) is 22.5 Å². The highest BCUT2D eigenvalue weighted by molar-refractivity contribution is 6.32. The van der Waals surface area contributed by atoms with Crippen LogP contribution in [0.15, 0.2) is 23.5 Å². The Balaban J connectivity index is 2.28. The lowest BCUT2D eigenvalue weighted by atomic mass is 9.64. The van der Waals surface area contributed by atoms with Crippen LogP contribution in [0.2, 0.25) is 0 Å². The molecule has 0 amide bonds. The minimum atomic E-state index is -1.20. The average Bonchev–Trinajstić information content (AvgIpc) is 2.92. The lowest BCUT2D eigenvalue weighted by Crippen LogP contribution is -2.48. The van der Waals surface area contributed by atoms with E-state index in [2.05, 4.69) is 20.4 Å². The maximum atomic E-state index is 13.4. The fourth-order valence-corrected chi connectivity index (χ4v) is 5.93. The zero-order valence-electron chi connectivity index (χ0n) is 16.7. The Morgan fingerprint density at radius 1 is 1.27 bits per heavy atom.